The molecule has 0 saturated heterocycles. The molecule has 0 aliphatic carbocycles. The third-order valence-electron chi connectivity index (χ3n) is 4.01. The fourth-order valence-electron chi connectivity index (χ4n) is 2.42. The lowest BCUT2D eigenvalue weighted by atomic mass is 10.1. The van der Waals surface area contributed by atoms with Crippen molar-refractivity contribution in [3.05, 3.63) is 71.1 Å². The molecule has 138 valence electrons. The lowest BCUT2D eigenvalue weighted by Gasteiger charge is -2.13. The summed E-state index contributed by atoms with van der Waals surface area (Å²) in [6, 6.07) is 13.3. The zero-order chi connectivity index (χ0) is 19.4. The van der Waals surface area contributed by atoms with Gasteiger partial charge >= 0.3 is 5.97 Å². The number of nitrogens with one attached hydrogen (secondary N) is 1. The number of aryl methyl sites for hydroxylation is 2. The van der Waals surface area contributed by atoms with E-state index in [0.717, 1.165) is 11.1 Å². The molecule has 0 saturated carbocycles. The van der Waals surface area contributed by atoms with E-state index in [9.17, 15) is 9.59 Å². The minimum atomic E-state index is -1.20. The number of esters is 1. The van der Waals surface area contributed by atoms with Crippen molar-refractivity contribution in [3.8, 4) is 11.5 Å². The Morgan fingerprint density at radius 1 is 0.963 bits per heavy atom. The molecule has 1 amide bonds. The van der Waals surface area contributed by atoms with Crippen molar-refractivity contribution >= 4 is 11.9 Å². The molecule has 7 nitrogen and oxygen atoms in total. The van der Waals surface area contributed by atoms with Crippen molar-refractivity contribution in [3.63, 3.8) is 0 Å². The largest absolute Gasteiger partial charge is 0.467 e. The number of nitrogens with zero attached hydrogens (tertiary/aromatic N) is 2. The third-order valence-corrected chi connectivity index (χ3v) is 4.01. The first kappa shape index (κ1) is 18.3. The van der Waals surface area contributed by atoms with E-state index in [1.54, 1.807) is 12.1 Å². The number of ether oxygens (including phenoxy) is 1. The summed E-state index contributed by atoms with van der Waals surface area (Å²) in [5.41, 5.74) is 3.24. The number of hydrogen-bond donors (Lipinski definition) is 1. The maximum absolute atomic E-state index is 12.5. The third kappa shape index (κ3) is 4.20. The van der Waals surface area contributed by atoms with Gasteiger partial charge in [-0.1, -0.05) is 35.4 Å². The standard InChI is InChI=1S/C20H19N3O4/c1-12-4-8-14(9-5-12)17(24)21-16(20(25)26-3)19-23-22-18(27-19)15-10-6-13(2)7-11-15/h4-11,16H,1-3H3,(H,21,24)/t16-/m0/s1. The van der Waals surface area contributed by atoms with E-state index in [1.807, 2.05) is 50.2 Å². The second kappa shape index (κ2) is 7.82. The van der Waals surface area contributed by atoms with Crippen LogP contribution in [0.5, 0.6) is 0 Å². The smallest absolute Gasteiger partial charge is 0.338 e. The number of methoxy groups -OCH3 is 1. The molecule has 0 aliphatic heterocycles. The quantitative estimate of drug-likeness (QED) is 0.699. The van der Waals surface area contributed by atoms with Crippen molar-refractivity contribution in [1.82, 2.24) is 15.5 Å². The Bertz CT molecular complexity index is 946. The summed E-state index contributed by atoms with van der Waals surface area (Å²) in [5.74, 6) is -0.934. The van der Waals surface area contributed by atoms with Gasteiger partial charge in [-0.25, -0.2) is 4.79 Å². The fraction of sp³-hybridized carbons (Fsp3) is 0.200. The van der Waals surface area contributed by atoms with Crippen LogP contribution >= 0.6 is 0 Å². The van der Waals surface area contributed by atoms with Crippen LogP contribution in [0.1, 0.15) is 33.4 Å². The minimum Gasteiger partial charge on any atom is -0.467 e. The highest BCUT2D eigenvalue weighted by molar-refractivity contribution is 5.96. The van der Waals surface area contributed by atoms with E-state index < -0.39 is 17.9 Å². The van der Waals surface area contributed by atoms with Crippen molar-refractivity contribution in [2.45, 2.75) is 19.9 Å². The zero-order valence-corrected chi connectivity index (χ0v) is 15.2. The molecule has 3 rings (SSSR count). The van der Waals surface area contributed by atoms with Crippen LogP contribution in [0.3, 0.4) is 0 Å². The molecular formula is C20H19N3O4. The van der Waals surface area contributed by atoms with E-state index in [2.05, 4.69) is 15.5 Å². The van der Waals surface area contributed by atoms with Crippen LogP contribution in [-0.2, 0) is 9.53 Å². The molecule has 3 aromatic rings. The average molecular weight is 365 g/mol. The van der Waals surface area contributed by atoms with E-state index in [4.69, 9.17) is 9.15 Å². The molecule has 2 aromatic carbocycles. The first-order chi connectivity index (χ1) is 13.0. The maximum atomic E-state index is 12.5. The molecule has 0 aliphatic rings. The number of rotatable bonds is 5. The van der Waals surface area contributed by atoms with Gasteiger partial charge in [0.05, 0.1) is 7.11 Å². The molecule has 0 bridgehead atoms. The summed E-state index contributed by atoms with van der Waals surface area (Å²) in [5, 5.41) is 10.5. The topological polar surface area (TPSA) is 94.3 Å². The van der Waals surface area contributed by atoms with Crippen LogP contribution in [0.15, 0.2) is 52.9 Å². The lowest BCUT2D eigenvalue weighted by molar-refractivity contribution is -0.143. The van der Waals surface area contributed by atoms with E-state index in [0.29, 0.717) is 11.1 Å². The molecule has 1 atom stereocenters. The Morgan fingerprint density at radius 2 is 1.56 bits per heavy atom. The van der Waals surface area contributed by atoms with Crippen LogP contribution in [0.25, 0.3) is 11.5 Å². The van der Waals surface area contributed by atoms with Crippen LogP contribution < -0.4 is 5.32 Å². The van der Waals surface area contributed by atoms with Crippen LogP contribution in [0, 0.1) is 13.8 Å². The second-order valence-corrected chi connectivity index (χ2v) is 6.11. The SMILES string of the molecule is COC(=O)[C@@H](NC(=O)c1ccc(C)cc1)c1nnc(-c2ccc(C)cc2)o1. The number of carbonyl (C=O) groups excluding carboxylic acids is 2. The Balaban J connectivity index is 1.85. The summed E-state index contributed by atoms with van der Waals surface area (Å²) in [7, 11) is 1.23. The van der Waals surface area contributed by atoms with Crippen molar-refractivity contribution in [2.24, 2.45) is 0 Å². The predicted octanol–water partition coefficient (Wildman–Crippen LogP) is 3.00. The van der Waals surface area contributed by atoms with Gasteiger partial charge in [-0.3, -0.25) is 4.79 Å². The Hall–Kier alpha value is -3.48. The zero-order valence-electron chi connectivity index (χ0n) is 15.2. The highest BCUT2D eigenvalue weighted by Gasteiger charge is 2.30. The molecule has 1 N–H and O–H groups in total. The van der Waals surface area contributed by atoms with Gasteiger partial charge in [0, 0.05) is 11.1 Å². The molecule has 27 heavy (non-hydrogen) atoms. The summed E-state index contributed by atoms with van der Waals surface area (Å²) in [6.07, 6.45) is 0. The van der Waals surface area contributed by atoms with Gasteiger partial charge in [-0.15, -0.1) is 10.2 Å². The molecular weight excluding hydrogens is 346 g/mol. The summed E-state index contributed by atoms with van der Waals surface area (Å²) >= 11 is 0. The van der Waals surface area contributed by atoms with Crippen molar-refractivity contribution < 1.29 is 18.7 Å². The van der Waals surface area contributed by atoms with Gasteiger partial charge < -0.3 is 14.5 Å². The first-order valence-electron chi connectivity index (χ1n) is 8.33. The van der Waals surface area contributed by atoms with Gasteiger partial charge in [-0.05, 0) is 38.1 Å². The number of aromatic nitrogens is 2. The summed E-state index contributed by atoms with van der Waals surface area (Å²) in [6.45, 7) is 3.89. The molecule has 7 heteroatoms. The highest BCUT2D eigenvalue weighted by atomic mass is 16.5. The van der Waals surface area contributed by atoms with E-state index >= 15 is 0 Å². The number of carbonyl (C=O) groups is 2. The summed E-state index contributed by atoms with van der Waals surface area (Å²) in [4.78, 5) is 24.6. The predicted molar refractivity (Wildman–Crippen MR) is 97.9 cm³/mol. The van der Waals surface area contributed by atoms with Gasteiger partial charge in [0.15, 0.2) is 0 Å². The van der Waals surface area contributed by atoms with Crippen LogP contribution in [0.2, 0.25) is 0 Å². The van der Waals surface area contributed by atoms with E-state index in [-0.39, 0.29) is 11.8 Å². The average Bonchev–Trinajstić information content (AvgIpc) is 3.16. The molecule has 0 fully saturated rings. The van der Waals surface area contributed by atoms with Crippen molar-refractivity contribution in [1.29, 1.82) is 0 Å². The summed E-state index contributed by atoms with van der Waals surface area (Å²) < 4.78 is 10.4. The lowest BCUT2D eigenvalue weighted by Crippen LogP contribution is -2.34. The maximum Gasteiger partial charge on any atom is 0.338 e. The van der Waals surface area contributed by atoms with Gasteiger partial charge in [0.2, 0.25) is 11.9 Å². The van der Waals surface area contributed by atoms with Gasteiger partial charge in [0.25, 0.3) is 11.8 Å². The van der Waals surface area contributed by atoms with Crippen molar-refractivity contribution in [2.75, 3.05) is 7.11 Å². The molecule has 1 heterocycles. The van der Waals surface area contributed by atoms with E-state index in [1.165, 1.54) is 7.11 Å². The number of hydrogen-bond acceptors (Lipinski definition) is 6. The number of benzene rings is 2. The molecule has 0 unspecified atom stereocenters. The monoisotopic (exact) mass is 365 g/mol. The highest BCUT2D eigenvalue weighted by Crippen LogP contribution is 2.22. The fourth-order valence-corrected chi connectivity index (χ4v) is 2.42. The molecule has 0 radical (unpaired) electrons. The second-order valence-electron chi connectivity index (χ2n) is 6.11. The Morgan fingerprint density at radius 3 is 2.15 bits per heavy atom. The first-order valence-corrected chi connectivity index (χ1v) is 8.33. The van der Waals surface area contributed by atoms with Crippen LogP contribution in [0.4, 0.5) is 0 Å². The normalized spacial score (nSPS) is 11.7. The molecule has 0 spiro atoms. The Kier molecular flexibility index (Phi) is 5.30. The van der Waals surface area contributed by atoms with Gasteiger partial charge in [-0.2, -0.15) is 0 Å². The number of amides is 1. The molecule has 1 aromatic heterocycles. The Labute approximate surface area is 156 Å². The van der Waals surface area contributed by atoms with Crippen LogP contribution in [-0.4, -0.2) is 29.2 Å². The minimum absolute atomic E-state index is 0.0436. The van der Waals surface area contributed by atoms with Gasteiger partial charge in [0.1, 0.15) is 0 Å².